The quantitative estimate of drug-likeness (QED) is 0.462. The van der Waals surface area contributed by atoms with Gasteiger partial charge in [-0.2, -0.15) is 0 Å². The van der Waals surface area contributed by atoms with Gasteiger partial charge in [-0.15, -0.1) is 0 Å². The summed E-state index contributed by atoms with van der Waals surface area (Å²) >= 11 is 0. The first-order valence-corrected chi connectivity index (χ1v) is 7.20. The van der Waals surface area contributed by atoms with Gasteiger partial charge in [-0.1, -0.05) is 0 Å². The zero-order valence-electron chi connectivity index (χ0n) is 12.3. The van der Waals surface area contributed by atoms with Crippen LogP contribution < -0.4 is 10.6 Å². The lowest BCUT2D eigenvalue weighted by Gasteiger charge is -2.13. The molecule has 0 aromatic carbocycles. The minimum atomic E-state index is -1.12. The molecule has 1 atom stereocenters. The van der Waals surface area contributed by atoms with E-state index < -0.39 is 11.2 Å². The van der Waals surface area contributed by atoms with Crippen LogP contribution in [0.5, 0.6) is 0 Å². The molecule has 1 unspecified atom stereocenters. The van der Waals surface area contributed by atoms with Crippen molar-refractivity contribution in [3.63, 3.8) is 0 Å². The maximum Gasteiger partial charge on any atom is 0.338 e. The molecule has 0 radical (unpaired) electrons. The van der Waals surface area contributed by atoms with Gasteiger partial charge < -0.3 is 29.6 Å². The van der Waals surface area contributed by atoms with Crippen LogP contribution in [0, 0.1) is 10.1 Å². The molecule has 0 spiro atoms. The Morgan fingerprint density at radius 3 is 1.90 bits per heavy atom. The van der Waals surface area contributed by atoms with Crippen LogP contribution in [0.2, 0.25) is 0 Å². The van der Waals surface area contributed by atoms with Crippen LogP contribution in [0.15, 0.2) is 0 Å². The van der Waals surface area contributed by atoms with E-state index >= 15 is 0 Å². The molecule has 124 valence electrons. The van der Waals surface area contributed by atoms with Crippen molar-refractivity contribution >= 4 is 0 Å². The third-order valence-electron chi connectivity index (χ3n) is 2.73. The summed E-state index contributed by atoms with van der Waals surface area (Å²) in [5.41, 5.74) is 0. The summed E-state index contributed by atoms with van der Waals surface area (Å²) in [6.07, 6.45) is -1.12. The monoisotopic (exact) mass is 307 g/mol. The summed E-state index contributed by atoms with van der Waals surface area (Å²) in [4.78, 5) is 10.3. The smallest absolute Gasteiger partial charge is 0.338 e. The van der Waals surface area contributed by atoms with Crippen molar-refractivity contribution in [2.45, 2.75) is 6.23 Å². The van der Waals surface area contributed by atoms with Crippen molar-refractivity contribution in [1.82, 2.24) is 10.6 Å². The van der Waals surface area contributed by atoms with Gasteiger partial charge in [-0.3, -0.25) is 10.1 Å². The second-order valence-corrected chi connectivity index (χ2v) is 4.41. The van der Waals surface area contributed by atoms with Gasteiger partial charge in [0.15, 0.2) is 0 Å². The number of rotatable bonds is 1. The van der Waals surface area contributed by atoms with Crippen molar-refractivity contribution in [2.24, 2.45) is 0 Å². The summed E-state index contributed by atoms with van der Waals surface area (Å²) in [7, 11) is 0. The van der Waals surface area contributed by atoms with E-state index in [2.05, 4.69) is 10.6 Å². The fourth-order valence-electron chi connectivity index (χ4n) is 1.63. The van der Waals surface area contributed by atoms with Crippen molar-refractivity contribution in [3.8, 4) is 0 Å². The van der Waals surface area contributed by atoms with Crippen molar-refractivity contribution in [3.05, 3.63) is 10.1 Å². The molecule has 0 aromatic heterocycles. The number of hydrogen-bond donors (Lipinski definition) is 2. The van der Waals surface area contributed by atoms with Crippen LogP contribution in [-0.4, -0.2) is 83.6 Å². The number of ether oxygens (including phenoxy) is 4. The molecule has 1 saturated heterocycles. The van der Waals surface area contributed by atoms with Crippen LogP contribution in [0.25, 0.3) is 0 Å². The molecule has 0 amide bonds. The zero-order chi connectivity index (χ0) is 15.2. The van der Waals surface area contributed by atoms with Crippen LogP contribution in [0.3, 0.4) is 0 Å². The minimum Gasteiger partial charge on any atom is -0.378 e. The van der Waals surface area contributed by atoms with Crippen LogP contribution in [0.4, 0.5) is 0 Å². The van der Waals surface area contributed by atoms with E-state index in [9.17, 15) is 10.1 Å². The molecule has 1 aliphatic heterocycles. The van der Waals surface area contributed by atoms with Gasteiger partial charge in [0.25, 0.3) is 0 Å². The SMILES string of the molecule is O=[N+]([O-])C1COCCNCCOCCOCCNCCO1. The first kappa shape index (κ1) is 18.2. The maximum atomic E-state index is 10.8. The van der Waals surface area contributed by atoms with E-state index in [1.54, 1.807) is 0 Å². The average molecular weight is 307 g/mol. The molecule has 1 rings (SSSR count). The fraction of sp³-hybridized carbons (Fsp3) is 1.00. The van der Waals surface area contributed by atoms with Crippen molar-refractivity contribution in [1.29, 1.82) is 0 Å². The lowest BCUT2D eigenvalue weighted by molar-refractivity contribution is -0.579. The Morgan fingerprint density at radius 1 is 0.810 bits per heavy atom. The second-order valence-electron chi connectivity index (χ2n) is 4.41. The second kappa shape index (κ2) is 12.9. The molecule has 21 heavy (non-hydrogen) atoms. The van der Waals surface area contributed by atoms with Crippen LogP contribution >= 0.6 is 0 Å². The van der Waals surface area contributed by atoms with Crippen LogP contribution in [-0.2, 0) is 18.9 Å². The van der Waals surface area contributed by atoms with E-state index in [1.807, 2.05) is 0 Å². The average Bonchev–Trinajstić information content (AvgIpc) is 2.47. The van der Waals surface area contributed by atoms with Crippen LogP contribution in [0.1, 0.15) is 0 Å². The van der Waals surface area contributed by atoms with E-state index in [4.69, 9.17) is 18.9 Å². The fourth-order valence-corrected chi connectivity index (χ4v) is 1.63. The van der Waals surface area contributed by atoms with Crippen molar-refractivity contribution < 1.29 is 23.9 Å². The minimum absolute atomic E-state index is 0.0473. The highest BCUT2D eigenvalue weighted by Crippen LogP contribution is 1.94. The molecule has 0 saturated carbocycles. The Morgan fingerprint density at radius 2 is 1.33 bits per heavy atom. The van der Waals surface area contributed by atoms with Gasteiger partial charge in [0.05, 0.1) is 44.6 Å². The van der Waals surface area contributed by atoms with E-state index in [1.165, 1.54) is 0 Å². The largest absolute Gasteiger partial charge is 0.378 e. The molecule has 0 aliphatic carbocycles. The molecule has 1 fully saturated rings. The lowest BCUT2D eigenvalue weighted by Crippen LogP contribution is -2.34. The third kappa shape index (κ3) is 10.5. The van der Waals surface area contributed by atoms with E-state index in [0.717, 1.165) is 0 Å². The van der Waals surface area contributed by atoms with Gasteiger partial charge in [0.1, 0.15) is 6.61 Å². The summed E-state index contributed by atoms with van der Waals surface area (Å²) in [6, 6.07) is 0. The van der Waals surface area contributed by atoms with Gasteiger partial charge in [-0.25, -0.2) is 0 Å². The highest BCUT2D eigenvalue weighted by Gasteiger charge is 2.20. The maximum absolute atomic E-state index is 10.8. The van der Waals surface area contributed by atoms with Crippen molar-refractivity contribution in [2.75, 3.05) is 72.4 Å². The topological polar surface area (TPSA) is 104 Å². The summed E-state index contributed by atoms with van der Waals surface area (Å²) in [5.74, 6) is 0. The van der Waals surface area contributed by atoms with E-state index in [-0.39, 0.29) is 13.2 Å². The molecule has 1 aliphatic rings. The predicted octanol–water partition coefficient (Wildman–Crippen LogP) is -1.15. The first-order valence-electron chi connectivity index (χ1n) is 7.20. The van der Waals surface area contributed by atoms with E-state index in [0.29, 0.717) is 59.2 Å². The number of nitrogens with one attached hydrogen (secondary N) is 2. The standard InChI is InChI=1S/C12H25N3O6/c16-15(17)12-11-20-7-3-13-1-5-18-9-10-19-6-2-14-4-8-21-12/h12-14H,1-11H2. The Kier molecular flexibility index (Phi) is 11.2. The number of nitrogens with zero attached hydrogens (tertiary/aromatic N) is 1. The van der Waals surface area contributed by atoms with Gasteiger partial charge in [0.2, 0.25) is 0 Å². The summed E-state index contributed by atoms with van der Waals surface area (Å²) in [5, 5.41) is 17.0. The lowest BCUT2D eigenvalue weighted by atomic mass is 10.5. The molecule has 9 nitrogen and oxygen atoms in total. The summed E-state index contributed by atoms with van der Waals surface area (Å²) in [6.45, 7) is 5.45. The Bertz CT molecular complexity index is 251. The molecule has 0 bridgehead atoms. The molecular weight excluding hydrogens is 282 g/mol. The van der Waals surface area contributed by atoms with Gasteiger partial charge in [0, 0.05) is 26.2 Å². The first-order chi connectivity index (χ1) is 10.3. The number of hydrogen-bond acceptors (Lipinski definition) is 8. The zero-order valence-corrected chi connectivity index (χ0v) is 12.3. The number of nitro groups is 1. The molecule has 2 N–H and O–H groups in total. The molecule has 0 aromatic rings. The Balaban J connectivity index is 2.23. The highest BCUT2D eigenvalue weighted by molar-refractivity contribution is 4.50. The Labute approximate surface area is 124 Å². The Hall–Kier alpha value is -0.840. The predicted molar refractivity (Wildman–Crippen MR) is 74.9 cm³/mol. The normalized spacial score (nSPS) is 25.6. The van der Waals surface area contributed by atoms with Gasteiger partial charge in [-0.05, 0) is 0 Å². The highest BCUT2D eigenvalue weighted by atomic mass is 16.7. The molecule has 9 heteroatoms. The summed E-state index contributed by atoms with van der Waals surface area (Å²) < 4.78 is 21.2. The third-order valence-corrected chi connectivity index (χ3v) is 2.73. The molecular formula is C12H25N3O6. The molecule has 1 heterocycles. The van der Waals surface area contributed by atoms with Gasteiger partial charge >= 0.3 is 6.23 Å².